The summed E-state index contributed by atoms with van der Waals surface area (Å²) in [4.78, 5) is 54.6. The number of nitrogens with one attached hydrogen (secondary N) is 3. The summed E-state index contributed by atoms with van der Waals surface area (Å²) < 4.78 is 16.8. The summed E-state index contributed by atoms with van der Waals surface area (Å²) in [5.74, 6) is -0.122. The van der Waals surface area contributed by atoms with E-state index in [1.807, 2.05) is 30.3 Å². The van der Waals surface area contributed by atoms with Gasteiger partial charge >= 0.3 is 0 Å². The SMILES string of the molecule is COc1cccc(OCCNC(=O)[C@@H]2CCC(=O)N[C@@H](Cc3ccccc3)C(=O)N(C)CCOc3ccccc3C(=O)N2)c1. The number of amides is 4. The van der Waals surface area contributed by atoms with Crippen molar-refractivity contribution in [2.75, 3.05) is 40.5 Å². The summed E-state index contributed by atoms with van der Waals surface area (Å²) in [6.45, 7) is 0.691. The highest BCUT2D eigenvalue weighted by molar-refractivity contribution is 5.99. The third-order valence-corrected chi connectivity index (χ3v) is 7.10. The normalized spacial score (nSPS) is 18.0. The number of benzene rings is 3. The molecule has 1 aliphatic heterocycles. The van der Waals surface area contributed by atoms with E-state index in [9.17, 15) is 19.2 Å². The van der Waals surface area contributed by atoms with Crippen molar-refractivity contribution < 1.29 is 33.4 Å². The average molecular weight is 603 g/mol. The average Bonchev–Trinajstić information content (AvgIpc) is 3.04. The molecule has 0 spiro atoms. The zero-order valence-electron chi connectivity index (χ0n) is 24.9. The molecule has 1 heterocycles. The fraction of sp³-hybridized carbons (Fsp3) is 0.333. The van der Waals surface area contributed by atoms with Crippen LogP contribution in [0.5, 0.6) is 17.2 Å². The number of fused-ring (bicyclic) bond motifs is 1. The van der Waals surface area contributed by atoms with E-state index >= 15 is 0 Å². The Morgan fingerprint density at radius 3 is 2.52 bits per heavy atom. The largest absolute Gasteiger partial charge is 0.497 e. The number of rotatable bonds is 8. The number of likely N-dealkylation sites (N-methyl/N-ethyl adjacent to an activating group) is 1. The van der Waals surface area contributed by atoms with E-state index in [0.29, 0.717) is 23.7 Å². The summed E-state index contributed by atoms with van der Waals surface area (Å²) in [7, 11) is 3.21. The molecule has 0 fully saturated rings. The molecular formula is C33H38N4O7. The van der Waals surface area contributed by atoms with Crippen molar-refractivity contribution >= 4 is 23.6 Å². The number of methoxy groups -OCH3 is 1. The molecule has 3 aromatic rings. The van der Waals surface area contributed by atoms with Crippen molar-refractivity contribution in [3.63, 3.8) is 0 Å². The molecular weight excluding hydrogens is 564 g/mol. The van der Waals surface area contributed by atoms with Gasteiger partial charge in [-0.15, -0.1) is 0 Å². The lowest BCUT2D eigenvalue weighted by molar-refractivity contribution is -0.135. The number of para-hydroxylation sites is 1. The number of hydrogen-bond acceptors (Lipinski definition) is 7. The lowest BCUT2D eigenvalue weighted by Gasteiger charge is -2.25. The number of hydrogen-bond donors (Lipinski definition) is 3. The van der Waals surface area contributed by atoms with Gasteiger partial charge in [0.15, 0.2) is 0 Å². The molecule has 232 valence electrons. The van der Waals surface area contributed by atoms with Gasteiger partial charge in [-0.3, -0.25) is 19.2 Å². The standard InChI is InChI=1S/C33H38N4O7/c1-37-18-20-44-29-14-7-6-13-26(29)31(39)36-27(32(40)34-17-19-43-25-12-8-11-24(22-25)42-2)15-16-30(38)35-28(33(37)41)21-23-9-4-3-5-10-23/h3-14,22,27-28H,15-21H2,1-2H3,(H,34,40)(H,35,38)(H,36,39)/t27-,28-/m0/s1. The maximum atomic E-state index is 13.4. The highest BCUT2D eigenvalue weighted by Gasteiger charge is 2.28. The molecule has 44 heavy (non-hydrogen) atoms. The van der Waals surface area contributed by atoms with Gasteiger partial charge in [0, 0.05) is 26.0 Å². The molecule has 1 aliphatic rings. The third-order valence-electron chi connectivity index (χ3n) is 7.10. The predicted molar refractivity (Wildman–Crippen MR) is 164 cm³/mol. The second kappa shape index (κ2) is 16.0. The number of ether oxygens (including phenoxy) is 3. The van der Waals surface area contributed by atoms with Crippen LogP contribution in [-0.4, -0.2) is 81.1 Å². The van der Waals surface area contributed by atoms with Gasteiger partial charge in [0.2, 0.25) is 17.7 Å². The number of nitrogens with zero attached hydrogens (tertiary/aromatic N) is 1. The summed E-state index contributed by atoms with van der Waals surface area (Å²) >= 11 is 0. The van der Waals surface area contributed by atoms with Crippen LogP contribution in [-0.2, 0) is 20.8 Å². The lowest BCUT2D eigenvalue weighted by atomic mass is 10.0. The van der Waals surface area contributed by atoms with Crippen LogP contribution >= 0.6 is 0 Å². The smallest absolute Gasteiger partial charge is 0.255 e. The zero-order valence-corrected chi connectivity index (χ0v) is 24.9. The first-order valence-electron chi connectivity index (χ1n) is 14.5. The molecule has 0 bridgehead atoms. The second-order valence-electron chi connectivity index (χ2n) is 10.3. The Morgan fingerprint density at radius 1 is 0.977 bits per heavy atom. The van der Waals surface area contributed by atoms with Crippen molar-refractivity contribution in [1.82, 2.24) is 20.9 Å². The van der Waals surface area contributed by atoms with Crippen molar-refractivity contribution in [2.24, 2.45) is 0 Å². The van der Waals surface area contributed by atoms with Crippen molar-refractivity contribution in [3.8, 4) is 17.2 Å². The van der Waals surface area contributed by atoms with Crippen LogP contribution in [0.15, 0.2) is 78.9 Å². The molecule has 0 unspecified atom stereocenters. The molecule has 11 heteroatoms. The van der Waals surface area contributed by atoms with E-state index in [2.05, 4.69) is 16.0 Å². The maximum absolute atomic E-state index is 13.4. The summed E-state index contributed by atoms with van der Waals surface area (Å²) in [5.41, 5.74) is 1.13. The van der Waals surface area contributed by atoms with Crippen LogP contribution in [0.3, 0.4) is 0 Å². The van der Waals surface area contributed by atoms with Crippen molar-refractivity contribution in [1.29, 1.82) is 0 Å². The third kappa shape index (κ3) is 9.22. The Bertz CT molecular complexity index is 1430. The molecule has 3 aromatic carbocycles. The van der Waals surface area contributed by atoms with Crippen LogP contribution in [0.1, 0.15) is 28.8 Å². The van der Waals surface area contributed by atoms with Gasteiger partial charge in [-0.25, -0.2) is 0 Å². The number of carbonyl (C=O) groups is 4. The molecule has 2 atom stereocenters. The highest BCUT2D eigenvalue weighted by Crippen LogP contribution is 2.20. The van der Waals surface area contributed by atoms with E-state index in [1.54, 1.807) is 62.7 Å². The summed E-state index contributed by atoms with van der Waals surface area (Å²) in [6, 6.07) is 21.3. The molecule has 0 aromatic heterocycles. The first-order chi connectivity index (χ1) is 21.3. The predicted octanol–water partition coefficient (Wildman–Crippen LogP) is 2.35. The second-order valence-corrected chi connectivity index (χ2v) is 10.3. The quantitative estimate of drug-likeness (QED) is 0.337. The molecule has 0 saturated carbocycles. The van der Waals surface area contributed by atoms with Gasteiger partial charge in [0.05, 0.1) is 25.8 Å². The van der Waals surface area contributed by atoms with Gasteiger partial charge in [0.25, 0.3) is 5.91 Å². The monoisotopic (exact) mass is 602 g/mol. The van der Waals surface area contributed by atoms with E-state index in [4.69, 9.17) is 14.2 Å². The van der Waals surface area contributed by atoms with E-state index in [1.165, 1.54) is 4.90 Å². The molecule has 11 nitrogen and oxygen atoms in total. The van der Waals surface area contributed by atoms with Crippen LogP contribution in [0.25, 0.3) is 0 Å². The van der Waals surface area contributed by atoms with Crippen LogP contribution < -0.4 is 30.2 Å². The topological polar surface area (TPSA) is 135 Å². The fourth-order valence-corrected chi connectivity index (χ4v) is 4.70. The van der Waals surface area contributed by atoms with Crippen LogP contribution in [0.4, 0.5) is 0 Å². The van der Waals surface area contributed by atoms with E-state index in [-0.39, 0.29) is 50.6 Å². The summed E-state index contributed by atoms with van der Waals surface area (Å²) in [5, 5.41) is 8.37. The summed E-state index contributed by atoms with van der Waals surface area (Å²) in [6.07, 6.45) is 0.206. The Labute approximate surface area is 256 Å². The minimum atomic E-state index is -1.03. The fourth-order valence-electron chi connectivity index (χ4n) is 4.70. The van der Waals surface area contributed by atoms with Gasteiger partial charge in [-0.1, -0.05) is 48.5 Å². The first-order valence-corrected chi connectivity index (χ1v) is 14.5. The molecule has 0 saturated heterocycles. The van der Waals surface area contributed by atoms with Crippen LogP contribution in [0, 0.1) is 0 Å². The molecule has 4 amide bonds. The molecule has 0 radical (unpaired) electrons. The Kier molecular flexibility index (Phi) is 11.6. The minimum Gasteiger partial charge on any atom is -0.497 e. The minimum absolute atomic E-state index is 0.00522. The van der Waals surface area contributed by atoms with Crippen molar-refractivity contribution in [3.05, 3.63) is 90.0 Å². The van der Waals surface area contributed by atoms with Gasteiger partial charge in [-0.05, 0) is 36.2 Å². The van der Waals surface area contributed by atoms with Gasteiger partial charge in [0.1, 0.15) is 42.5 Å². The van der Waals surface area contributed by atoms with Crippen molar-refractivity contribution in [2.45, 2.75) is 31.3 Å². The first kappa shape index (κ1) is 31.9. The Hall–Kier alpha value is -5.06. The van der Waals surface area contributed by atoms with E-state index < -0.39 is 29.8 Å². The Morgan fingerprint density at radius 2 is 1.73 bits per heavy atom. The maximum Gasteiger partial charge on any atom is 0.255 e. The van der Waals surface area contributed by atoms with Crippen LogP contribution in [0.2, 0.25) is 0 Å². The van der Waals surface area contributed by atoms with Gasteiger partial charge in [-0.2, -0.15) is 0 Å². The molecule has 3 N–H and O–H groups in total. The molecule has 4 rings (SSSR count). The van der Waals surface area contributed by atoms with E-state index in [0.717, 1.165) is 5.56 Å². The lowest BCUT2D eigenvalue weighted by Crippen LogP contribution is -2.50. The van der Waals surface area contributed by atoms with Gasteiger partial charge < -0.3 is 35.1 Å². The number of carbonyl (C=O) groups excluding carboxylic acids is 4. The molecule has 0 aliphatic carbocycles. The Balaban J connectivity index is 1.48. The highest BCUT2D eigenvalue weighted by atomic mass is 16.5. The zero-order chi connectivity index (χ0) is 31.3.